The maximum Gasteiger partial charge on any atom is 0.246 e. The summed E-state index contributed by atoms with van der Waals surface area (Å²) in [6.07, 6.45) is 1.53. The molecule has 0 atom stereocenters. The van der Waals surface area contributed by atoms with E-state index in [0.717, 1.165) is 0 Å². The molecule has 0 aliphatic rings. The van der Waals surface area contributed by atoms with E-state index in [1.807, 2.05) is 0 Å². The van der Waals surface area contributed by atoms with Crippen LogP contribution in [0.1, 0.15) is 5.89 Å². The highest BCUT2D eigenvalue weighted by molar-refractivity contribution is 9.10. The third-order valence-corrected chi connectivity index (χ3v) is 3.06. The van der Waals surface area contributed by atoms with Crippen LogP contribution in [0.3, 0.4) is 0 Å². The third-order valence-electron chi connectivity index (χ3n) is 2.57. The molecule has 3 aromatic rings. The van der Waals surface area contributed by atoms with E-state index in [1.54, 1.807) is 24.3 Å². The molecule has 0 fully saturated rings. The van der Waals surface area contributed by atoms with Crippen molar-refractivity contribution in [3.05, 3.63) is 52.8 Å². The fourth-order valence-corrected chi connectivity index (χ4v) is 1.97. The summed E-state index contributed by atoms with van der Waals surface area (Å²) in [4.78, 5) is 4.15. The Morgan fingerprint density at radius 3 is 2.95 bits per heavy atom. The monoisotopic (exact) mass is 337 g/mol. The lowest BCUT2D eigenvalue weighted by Crippen LogP contribution is -2.01. The van der Waals surface area contributed by atoms with Gasteiger partial charge in [-0.05, 0) is 30.3 Å². The summed E-state index contributed by atoms with van der Waals surface area (Å²) in [6.45, 7) is 0.228. The van der Waals surface area contributed by atoms with Crippen LogP contribution in [-0.4, -0.2) is 10.1 Å². The maximum atomic E-state index is 13.6. The van der Waals surface area contributed by atoms with Crippen LogP contribution in [0.15, 0.2) is 50.0 Å². The highest BCUT2D eigenvalue weighted by Crippen LogP contribution is 2.20. The van der Waals surface area contributed by atoms with Crippen molar-refractivity contribution >= 4 is 21.6 Å². The topological polar surface area (TPSA) is 64.1 Å². The van der Waals surface area contributed by atoms with E-state index >= 15 is 0 Å². The highest BCUT2D eigenvalue weighted by atomic mass is 79.9. The van der Waals surface area contributed by atoms with E-state index in [1.165, 1.54) is 12.3 Å². The van der Waals surface area contributed by atoms with Crippen molar-refractivity contribution < 1.29 is 13.3 Å². The van der Waals surface area contributed by atoms with Gasteiger partial charge in [0.25, 0.3) is 0 Å². The van der Waals surface area contributed by atoms with Gasteiger partial charge in [0.15, 0.2) is 5.76 Å². The summed E-state index contributed by atoms with van der Waals surface area (Å²) in [7, 11) is 0. The van der Waals surface area contributed by atoms with E-state index in [4.69, 9.17) is 8.94 Å². The molecule has 0 bridgehead atoms. The molecule has 102 valence electrons. The summed E-state index contributed by atoms with van der Waals surface area (Å²) in [5.41, 5.74) is 0.367. The Balaban J connectivity index is 1.70. The average Bonchev–Trinajstić information content (AvgIpc) is 3.08. The third kappa shape index (κ3) is 2.72. The molecule has 0 saturated heterocycles. The van der Waals surface area contributed by atoms with Crippen LogP contribution in [0.2, 0.25) is 0 Å². The number of aromatic nitrogens is 2. The second kappa shape index (κ2) is 5.46. The van der Waals surface area contributed by atoms with Crippen molar-refractivity contribution in [1.29, 1.82) is 0 Å². The van der Waals surface area contributed by atoms with Crippen LogP contribution < -0.4 is 5.32 Å². The van der Waals surface area contributed by atoms with Crippen LogP contribution in [0.4, 0.5) is 10.1 Å². The summed E-state index contributed by atoms with van der Waals surface area (Å²) >= 11 is 3.20. The van der Waals surface area contributed by atoms with Crippen LogP contribution in [-0.2, 0) is 6.54 Å². The normalized spacial score (nSPS) is 10.7. The minimum Gasteiger partial charge on any atom is -0.461 e. The second-order valence-corrected chi connectivity index (χ2v) is 4.88. The molecule has 1 N–H and O–H groups in total. The number of hydrogen-bond donors (Lipinski definition) is 1. The number of benzene rings is 1. The van der Waals surface area contributed by atoms with Gasteiger partial charge in [0, 0.05) is 4.47 Å². The van der Waals surface area contributed by atoms with Gasteiger partial charge in [-0.25, -0.2) is 4.39 Å². The molecular formula is C13H9BrFN3O2. The molecule has 7 heteroatoms. The molecule has 3 rings (SSSR count). The summed E-state index contributed by atoms with van der Waals surface area (Å²) in [5.74, 6) is 0.877. The Morgan fingerprint density at radius 1 is 1.30 bits per heavy atom. The number of nitrogens with zero attached hydrogens (tertiary/aromatic N) is 2. The second-order valence-electron chi connectivity index (χ2n) is 3.97. The maximum absolute atomic E-state index is 13.6. The molecular weight excluding hydrogens is 329 g/mol. The van der Waals surface area contributed by atoms with Crippen molar-refractivity contribution in [3.63, 3.8) is 0 Å². The van der Waals surface area contributed by atoms with Crippen molar-refractivity contribution in [2.75, 3.05) is 5.32 Å². The molecule has 0 spiro atoms. The van der Waals surface area contributed by atoms with Crippen LogP contribution >= 0.6 is 15.9 Å². The van der Waals surface area contributed by atoms with E-state index in [0.29, 0.717) is 27.6 Å². The predicted molar refractivity (Wildman–Crippen MR) is 73.4 cm³/mol. The van der Waals surface area contributed by atoms with E-state index in [9.17, 15) is 4.39 Å². The first-order valence-corrected chi connectivity index (χ1v) is 6.57. The number of halogens is 2. The molecule has 0 saturated carbocycles. The molecule has 20 heavy (non-hydrogen) atoms. The minimum absolute atomic E-state index is 0.228. The van der Waals surface area contributed by atoms with Gasteiger partial charge in [-0.3, -0.25) is 0 Å². The molecule has 0 aliphatic heterocycles. The molecule has 2 heterocycles. The largest absolute Gasteiger partial charge is 0.461 e. The van der Waals surface area contributed by atoms with E-state index in [-0.39, 0.29) is 12.4 Å². The Kier molecular flexibility index (Phi) is 3.51. The zero-order chi connectivity index (χ0) is 13.9. The van der Waals surface area contributed by atoms with E-state index < -0.39 is 0 Å². The number of furan rings is 1. The smallest absolute Gasteiger partial charge is 0.246 e. The average molecular weight is 338 g/mol. The molecule has 0 amide bonds. The number of rotatable bonds is 4. The van der Waals surface area contributed by atoms with Crippen LogP contribution in [0.25, 0.3) is 11.6 Å². The number of hydrogen-bond acceptors (Lipinski definition) is 5. The quantitative estimate of drug-likeness (QED) is 0.783. The van der Waals surface area contributed by atoms with Gasteiger partial charge in [0.2, 0.25) is 11.7 Å². The van der Waals surface area contributed by atoms with Gasteiger partial charge in [-0.2, -0.15) is 4.98 Å². The Bertz CT molecular complexity index is 712. The standard InChI is InChI=1S/C13H9BrFN3O2/c14-8-3-4-10(9(15)6-8)16-7-12-17-13(18-20-12)11-2-1-5-19-11/h1-6,16H,7H2. The first-order chi connectivity index (χ1) is 9.72. The van der Waals surface area contributed by atoms with Crippen molar-refractivity contribution in [1.82, 2.24) is 10.1 Å². The summed E-state index contributed by atoms with van der Waals surface area (Å²) in [6, 6.07) is 8.22. The fourth-order valence-electron chi connectivity index (χ4n) is 1.64. The van der Waals surface area contributed by atoms with Crippen molar-refractivity contribution in [3.8, 4) is 11.6 Å². The number of anilines is 1. The molecule has 0 aliphatic carbocycles. The van der Waals surface area contributed by atoms with Gasteiger partial charge in [-0.15, -0.1) is 0 Å². The Morgan fingerprint density at radius 2 is 2.20 bits per heavy atom. The lowest BCUT2D eigenvalue weighted by atomic mass is 10.3. The van der Waals surface area contributed by atoms with Gasteiger partial charge in [0.05, 0.1) is 18.5 Å². The van der Waals surface area contributed by atoms with Gasteiger partial charge < -0.3 is 14.3 Å². The summed E-state index contributed by atoms with van der Waals surface area (Å²) < 4.78 is 24.5. The van der Waals surface area contributed by atoms with Gasteiger partial charge >= 0.3 is 0 Å². The van der Waals surface area contributed by atoms with Gasteiger partial charge in [0.1, 0.15) is 5.82 Å². The van der Waals surface area contributed by atoms with Crippen LogP contribution in [0.5, 0.6) is 0 Å². The van der Waals surface area contributed by atoms with Crippen molar-refractivity contribution in [2.24, 2.45) is 0 Å². The SMILES string of the molecule is Fc1cc(Br)ccc1NCc1nc(-c2ccco2)no1. The zero-order valence-corrected chi connectivity index (χ0v) is 11.7. The minimum atomic E-state index is -0.356. The zero-order valence-electron chi connectivity index (χ0n) is 10.1. The lowest BCUT2D eigenvalue weighted by molar-refractivity contribution is 0.382. The molecule has 1 aromatic carbocycles. The number of nitrogens with one attached hydrogen (secondary N) is 1. The highest BCUT2D eigenvalue weighted by Gasteiger charge is 2.11. The molecule has 0 unspecified atom stereocenters. The first kappa shape index (κ1) is 12.9. The predicted octanol–water partition coefficient (Wildman–Crippen LogP) is 3.84. The Labute approximate surface area is 121 Å². The fraction of sp³-hybridized carbons (Fsp3) is 0.0769. The van der Waals surface area contributed by atoms with Crippen molar-refractivity contribution in [2.45, 2.75) is 6.54 Å². The van der Waals surface area contributed by atoms with Gasteiger partial charge in [-0.1, -0.05) is 21.1 Å². The summed E-state index contributed by atoms with van der Waals surface area (Å²) in [5, 5.41) is 6.68. The first-order valence-electron chi connectivity index (χ1n) is 5.78. The lowest BCUT2D eigenvalue weighted by Gasteiger charge is -2.04. The molecule has 2 aromatic heterocycles. The Hall–Kier alpha value is -2.15. The van der Waals surface area contributed by atoms with E-state index in [2.05, 4.69) is 31.4 Å². The molecule has 5 nitrogen and oxygen atoms in total. The van der Waals surface area contributed by atoms with Crippen LogP contribution in [0, 0.1) is 5.82 Å². The molecule has 0 radical (unpaired) electrons.